The van der Waals surface area contributed by atoms with Crippen molar-refractivity contribution in [2.75, 3.05) is 36.0 Å². The van der Waals surface area contributed by atoms with Crippen LogP contribution >= 0.6 is 0 Å². The third-order valence-electron chi connectivity index (χ3n) is 7.32. The summed E-state index contributed by atoms with van der Waals surface area (Å²) in [6.45, 7) is 10.3. The van der Waals surface area contributed by atoms with Crippen molar-refractivity contribution >= 4 is 44.8 Å². The highest BCUT2D eigenvalue weighted by molar-refractivity contribution is 7.86. The lowest BCUT2D eigenvalue weighted by atomic mass is 9.80. The Balaban J connectivity index is 1.30. The van der Waals surface area contributed by atoms with Gasteiger partial charge in [-0.25, -0.2) is 14.8 Å². The lowest BCUT2D eigenvalue weighted by Gasteiger charge is -2.40. The minimum Gasteiger partial charge on any atom is -0.444 e. The molecule has 0 spiro atoms. The molecule has 1 aromatic carbocycles. The number of H-pyrrole nitrogens is 1. The quantitative estimate of drug-likeness (QED) is 0.441. The summed E-state index contributed by atoms with van der Waals surface area (Å²) < 4.78 is 42.7. The molecule has 0 saturated carbocycles. The van der Waals surface area contributed by atoms with E-state index in [1.54, 1.807) is 12.3 Å². The summed E-state index contributed by atoms with van der Waals surface area (Å²) in [5.74, 6) is 1.25. The van der Waals surface area contributed by atoms with E-state index in [2.05, 4.69) is 32.3 Å². The van der Waals surface area contributed by atoms with Crippen molar-refractivity contribution < 1.29 is 21.8 Å². The predicted molar refractivity (Wildman–Crippen MR) is 146 cm³/mol. The van der Waals surface area contributed by atoms with E-state index in [-0.39, 0.29) is 10.3 Å². The molecule has 1 saturated heterocycles. The summed E-state index contributed by atoms with van der Waals surface area (Å²) >= 11 is 0. The Morgan fingerprint density at radius 1 is 1.23 bits per heavy atom. The first-order valence-electron chi connectivity index (χ1n) is 13.1. The second kappa shape index (κ2) is 9.92. The van der Waals surface area contributed by atoms with E-state index >= 15 is 0 Å². The Kier molecular flexibility index (Phi) is 6.90. The lowest BCUT2D eigenvalue weighted by Crippen LogP contribution is -2.46. The molecule has 5 rings (SSSR count). The van der Waals surface area contributed by atoms with Gasteiger partial charge in [0.1, 0.15) is 16.3 Å². The highest BCUT2D eigenvalue weighted by Gasteiger charge is 2.33. The van der Waals surface area contributed by atoms with E-state index in [9.17, 15) is 17.1 Å². The van der Waals surface area contributed by atoms with Crippen LogP contribution in [0.1, 0.15) is 52.5 Å². The van der Waals surface area contributed by atoms with Gasteiger partial charge in [0.05, 0.1) is 6.20 Å². The number of nitrogens with one attached hydrogen (secondary N) is 2. The molecule has 210 valence electrons. The predicted octanol–water partition coefficient (Wildman–Crippen LogP) is 4.23. The average Bonchev–Trinajstić information content (AvgIpc) is 3.29. The molecule has 1 amide bonds. The van der Waals surface area contributed by atoms with Crippen LogP contribution in [0.5, 0.6) is 0 Å². The Bertz CT molecular complexity index is 1490. The Labute approximate surface area is 227 Å². The van der Waals surface area contributed by atoms with Gasteiger partial charge < -0.3 is 19.9 Å². The first kappa shape index (κ1) is 27.1. The number of piperidine rings is 1. The maximum atomic E-state index is 13.9. The molecule has 4 heterocycles. The molecule has 3 aromatic rings. The number of rotatable bonds is 5. The number of amides is 1. The zero-order valence-electron chi connectivity index (χ0n) is 22.6. The SMILES string of the molecule is CC1(CNC(=O)OC(C)(C)C)CCN(c2cnc3c(N4CCCc5c4cccc5S(=O)(=O)F)n[nH]c3n2)CC1. The summed E-state index contributed by atoms with van der Waals surface area (Å²) in [5.41, 5.74) is 1.54. The van der Waals surface area contributed by atoms with Crippen molar-refractivity contribution in [2.45, 2.75) is 63.9 Å². The molecule has 39 heavy (non-hydrogen) atoms. The zero-order chi connectivity index (χ0) is 28.0. The van der Waals surface area contributed by atoms with Gasteiger partial charge in [0.25, 0.3) is 0 Å². The van der Waals surface area contributed by atoms with Gasteiger partial charge >= 0.3 is 16.3 Å². The molecular formula is C26H34FN7O4S. The van der Waals surface area contributed by atoms with Gasteiger partial charge in [-0.1, -0.05) is 13.0 Å². The number of benzene rings is 1. The number of fused-ring (bicyclic) bond motifs is 2. The highest BCUT2D eigenvalue weighted by atomic mass is 32.3. The Morgan fingerprint density at radius 2 is 1.97 bits per heavy atom. The van der Waals surface area contributed by atoms with Crippen LogP contribution in [0.3, 0.4) is 0 Å². The van der Waals surface area contributed by atoms with E-state index in [0.717, 1.165) is 31.7 Å². The zero-order valence-corrected chi connectivity index (χ0v) is 23.4. The molecule has 0 bridgehead atoms. The minimum atomic E-state index is -4.84. The molecule has 2 N–H and O–H groups in total. The number of anilines is 3. The van der Waals surface area contributed by atoms with Crippen molar-refractivity contribution in [3.63, 3.8) is 0 Å². The van der Waals surface area contributed by atoms with Crippen LogP contribution in [-0.4, -0.2) is 66.5 Å². The molecule has 2 aromatic heterocycles. The van der Waals surface area contributed by atoms with E-state index in [4.69, 9.17) is 9.72 Å². The molecule has 0 atom stereocenters. The molecule has 1 fully saturated rings. The van der Waals surface area contributed by atoms with E-state index < -0.39 is 21.9 Å². The largest absolute Gasteiger partial charge is 0.444 e. The molecule has 0 aliphatic carbocycles. The number of aromatic nitrogens is 4. The number of ether oxygens (including phenoxy) is 1. The molecule has 2 aliphatic heterocycles. The van der Waals surface area contributed by atoms with Crippen molar-refractivity contribution in [3.8, 4) is 0 Å². The first-order chi connectivity index (χ1) is 18.3. The van der Waals surface area contributed by atoms with Gasteiger partial charge in [-0.2, -0.15) is 13.5 Å². The molecule has 2 aliphatic rings. The fraction of sp³-hybridized carbons (Fsp3) is 0.538. The van der Waals surface area contributed by atoms with Crippen LogP contribution in [0.15, 0.2) is 29.3 Å². The van der Waals surface area contributed by atoms with Crippen molar-refractivity contribution in [2.24, 2.45) is 5.41 Å². The third-order valence-corrected chi connectivity index (χ3v) is 8.23. The fourth-order valence-corrected chi connectivity index (χ4v) is 5.96. The summed E-state index contributed by atoms with van der Waals surface area (Å²) in [7, 11) is -4.84. The van der Waals surface area contributed by atoms with Crippen LogP contribution in [0, 0.1) is 5.41 Å². The van der Waals surface area contributed by atoms with Crippen LogP contribution in [0.25, 0.3) is 11.2 Å². The van der Waals surface area contributed by atoms with Crippen LogP contribution in [0.4, 0.5) is 26.0 Å². The molecular weight excluding hydrogens is 525 g/mol. The lowest BCUT2D eigenvalue weighted by molar-refractivity contribution is 0.0495. The summed E-state index contributed by atoms with van der Waals surface area (Å²) in [5, 5.41) is 10.3. The number of carbonyl (C=O) groups is 1. The molecule has 0 radical (unpaired) electrons. The van der Waals surface area contributed by atoms with Crippen LogP contribution in [0.2, 0.25) is 0 Å². The normalized spacial score (nSPS) is 17.7. The smallest absolute Gasteiger partial charge is 0.407 e. The molecule has 11 nitrogen and oxygen atoms in total. The number of aromatic amines is 1. The maximum Gasteiger partial charge on any atom is 0.407 e. The van der Waals surface area contributed by atoms with E-state index in [1.165, 1.54) is 12.1 Å². The van der Waals surface area contributed by atoms with Gasteiger partial charge in [0, 0.05) is 31.9 Å². The topological polar surface area (TPSA) is 133 Å². The van der Waals surface area contributed by atoms with Gasteiger partial charge in [0.15, 0.2) is 17.0 Å². The molecule has 13 heteroatoms. The van der Waals surface area contributed by atoms with Gasteiger partial charge in [-0.3, -0.25) is 5.10 Å². The summed E-state index contributed by atoms with van der Waals surface area (Å²) in [4.78, 5) is 25.2. The number of alkyl carbamates (subject to hydrolysis) is 1. The van der Waals surface area contributed by atoms with Gasteiger partial charge in [0.2, 0.25) is 0 Å². The number of halogens is 1. The number of hydrogen-bond donors (Lipinski definition) is 2. The Morgan fingerprint density at radius 3 is 2.67 bits per heavy atom. The second-order valence-corrected chi connectivity index (χ2v) is 12.9. The monoisotopic (exact) mass is 559 g/mol. The van der Waals surface area contributed by atoms with Crippen molar-refractivity contribution in [1.29, 1.82) is 0 Å². The van der Waals surface area contributed by atoms with Crippen LogP contribution < -0.4 is 15.1 Å². The maximum absolute atomic E-state index is 13.9. The second-order valence-electron chi connectivity index (χ2n) is 11.6. The molecule has 0 unspecified atom stereocenters. The standard InChI is InChI=1S/C26H34FN7O4S/c1-25(2,3)38-24(35)29-16-26(4)10-13-33(14-11-26)20-15-28-21-22(30-20)31-32-23(21)34-12-6-7-17-18(34)8-5-9-19(17)39(27,36)37/h5,8-9,15H,6-7,10-14,16H2,1-4H3,(H,29,35)(H,30,31,32). The van der Waals surface area contributed by atoms with E-state index in [0.29, 0.717) is 54.2 Å². The van der Waals surface area contributed by atoms with Crippen molar-refractivity contribution in [3.05, 3.63) is 30.0 Å². The third kappa shape index (κ3) is 5.77. The van der Waals surface area contributed by atoms with E-state index in [1.807, 2.05) is 25.7 Å². The number of hydrogen-bond acceptors (Lipinski definition) is 9. The minimum absolute atomic E-state index is 0.0559. The van der Waals surface area contributed by atoms with Crippen molar-refractivity contribution in [1.82, 2.24) is 25.5 Å². The van der Waals surface area contributed by atoms with Crippen LogP contribution in [-0.2, 0) is 21.4 Å². The Hall–Kier alpha value is -3.48. The fourth-order valence-electron chi connectivity index (χ4n) is 5.21. The number of nitrogens with zero attached hydrogens (tertiary/aromatic N) is 5. The summed E-state index contributed by atoms with van der Waals surface area (Å²) in [6, 6.07) is 4.60. The first-order valence-corrected chi connectivity index (χ1v) is 14.5. The van der Waals surface area contributed by atoms with Gasteiger partial charge in [-0.05, 0) is 69.6 Å². The summed E-state index contributed by atoms with van der Waals surface area (Å²) in [6.07, 6.45) is 4.15. The highest BCUT2D eigenvalue weighted by Crippen LogP contribution is 2.39. The average molecular weight is 560 g/mol. The number of carbonyl (C=O) groups excluding carboxylic acids is 1. The van der Waals surface area contributed by atoms with Gasteiger partial charge in [-0.15, -0.1) is 3.89 Å².